The Kier molecular flexibility index (Phi) is 7.85. The van der Waals surface area contributed by atoms with Crippen LogP contribution in [0.25, 0.3) is 87.6 Å². The van der Waals surface area contributed by atoms with Crippen LogP contribution in [0.1, 0.15) is 99.9 Å². The Morgan fingerprint density at radius 2 is 0.465 bits per heavy atom. The average Bonchev–Trinajstić information content (AvgIpc) is 3.91. The molecule has 0 radical (unpaired) electrons. The summed E-state index contributed by atoms with van der Waals surface area (Å²) in [6, 6.07) is 72.6. The minimum absolute atomic E-state index is 0.0886. The lowest BCUT2D eigenvalue weighted by atomic mass is 9.79. The summed E-state index contributed by atoms with van der Waals surface area (Å²) in [6.07, 6.45) is 0. The Balaban J connectivity index is 0.824. The van der Waals surface area contributed by atoms with Gasteiger partial charge in [0, 0.05) is 38.7 Å². The van der Waals surface area contributed by atoms with Gasteiger partial charge in [0.15, 0.2) is 0 Å². The molecule has 0 saturated carbocycles. The largest absolute Gasteiger partial charge is 0.310 e. The molecule has 0 unspecified atom stereocenters. The lowest BCUT2D eigenvalue weighted by Crippen LogP contribution is -2.17. The molecular formula is C70H55N. The fourth-order valence-corrected chi connectivity index (χ4v) is 14.1. The van der Waals surface area contributed by atoms with Crippen molar-refractivity contribution in [1.82, 2.24) is 0 Å². The molecule has 1 heteroatoms. The van der Waals surface area contributed by atoms with E-state index in [1.165, 1.54) is 132 Å². The van der Waals surface area contributed by atoms with Crippen LogP contribution >= 0.6 is 0 Å². The van der Waals surface area contributed by atoms with Crippen molar-refractivity contribution in [3.05, 3.63) is 233 Å². The monoisotopic (exact) mass is 909 g/mol. The molecule has 0 heterocycles. The molecule has 15 rings (SSSR count). The molecule has 0 bridgehead atoms. The Labute approximate surface area is 417 Å². The minimum atomic E-state index is -0.158. The first-order valence-corrected chi connectivity index (χ1v) is 25.6. The molecular weight excluding hydrogens is 855 g/mol. The zero-order chi connectivity index (χ0) is 48.1. The first kappa shape index (κ1) is 41.1. The van der Waals surface area contributed by atoms with Gasteiger partial charge in [0.2, 0.25) is 0 Å². The molecule has 1 nitrogen and oxygen atoms in total. The van der Waals surface area contributed by atoms with E-state index in [1.54, 1.807) is 0 Å². The Morgan fingerprint density at radius 3 is 0.803 bits per heavy atom. The first-order chi connectivity index (χ1) is 34.2. The number of fused-ring (bicyclic) bond motifs is 16. The maximum absolute atomic E-state index is 2.54. The zero-order valence-electron chi connectivity index (χ0n) is 41.8. The smallest absolute Gasteiger partial charge is 0.0468 e. The summed E-state index contributed by atoms with van der Waals surface area (Å²) in [5, 5.41) is 10.3. The number of para-hydroxylation sites is 1. The van der Waals surface area contributed by atoms with Gasteiger partial charge in [-0.3, -0.25) is 0 Å². The number of benzene rings is 11. The van der Waals surface area contributed by atoms with Crippen molar-refractivity contribution in [2.24, 2.45) is 0 Å². The van der Waals surface area contributed by atoms with Crippen molar-refractivity contribution in [2.45, 2.75) is 77.0 Å². The molecule has 0 atom stereocenters. The van der Waals surface area contributed by atoms with Crippen LogP contribution in [0.3, 0.4) is 0 Å². The minimum Gasteiger partial charge on any atom is -0.310 e. The number of hydrogen-bond acceptors (Lipinski definition) is 1. The van der Waals surface area contributed by atoms with Gasteiger partial charge < -0.3 is 4.90 Å². The molecule has 4 aliphatic rings. The normalized spacial score (nSPS) is 16.3. The summed E-state index contributed by atoms with van der Waals surface area (Å²) in [5.74, 6) is 0. The van der Waals surface area contributed by atoms with Gasteiger partial charge in [-0.1, -0.05) is 134 Å². The highest BCUT2D eigenvalue weighted by atomic mass is 15.1. The van der Waals surface area contributed by atoms with Gasteiger partial charge in [-0.25, -0.2) is 0 Å². The van der Waals surface area contributed by atoms with Crippen LogP contribution in [-0.2, 0) is 21.7 Å². The van der Waals surface area contributed by atoms with E-state index in [2.05, 4.69) is 248 Å². The molecule has 11 aromatic rings. The van der Waals surface area contributed by atoms with E-state index < -0.39 is 0 Å². The molecule has 0 saturated heterocycles. The van der Waals surface area contributed by atoms with Crippen LogP contribution in [0.4, 0.5) is 17.1 Å². The second kappa shape index (κ2) is 13.6. The first-order valence-electron chi connectivity index (χ1n) is 25.6. The van der Waals surface area contributed by atoms with Crippen molar-refractivity contribution in [2.75, 3.05) is 4.90 Å². The fourth-order valence-electron chi connectivity index (χ4n) is 14.1. The van der Waals surface area contributed by atoms with Gasteiger partial charge in [-0.2, -0.15) is 0 Å². The van der Waals surface area contributed by atoms with Gasteiger partial charge in [-0.15, -0.1) is 0 Å². The van der Waals surface area contributed by atoms with E-state index in [4.69, 9.17) is 0 Å². The summed E-state index contributed by atoms with van der Waals surface area (Å²) < 4.78 is 0. The van der Waals surface area contributed by atoms with Crippen molar-refractivity contribution in [3.63, 3.8) is 0 Å². The second-order valence-corrected chi connectivity index (χ2v) is 23.4. The van der Waals surface area contributed by atoms with E-state index in [0.29, 0.717) is 0 Å². The van der Waals surface area contributed by atoms with Crippen molar-refractivity contribution >= 4 is 60.2 Å². The Hall–Kier alpha value is -7.74. The molecule has 0 fully saturated rings. The van der Waals surface area contributed by atoms with Crippen LogP contribution in [0.2, 0.25) is 0 Å². The summed E-state index contributed by atoms with van der Waals surface area (Å²) in [5.41, 5.74) is 25.4. The van der Waals surface area contributed by atoms with Crippen molar-refractivity contribution < 1.29 is 0 Å². The summed E-state index contributed by atoms with van der Waals surface area (Å²) in [7, 11) is 0. The summed E-state index contributed by atoms with van der Waals surface area (Å²) >= 11 is 0. The standard InChI is InChI=1S/C70H55N/c1-67(2)59-32-42-18-14-12-16-40(42)28-51(59)55-36-65-57(38-63(55)67)53-30-44-22-24-49(26-46(44)34-61(53)69(65,5)6)71(48-20-10-9-11-21-48)50-25-23-45-31-54-58-39-64-56(37-66(58)70(7,8)62(54)35-47(45)27-50)52-29-41-17-13-15-19-43(41)33-60(52)68(64,3)4/h9-39H,1-8H3. The highest BCUT2D eigenvalue weighted by Gasteiger charge is 2.44. The lowest BCUT2D eigenvalue weighted by Gasteiger charge is -2.27. The lowest BCUT2D eigenvalue weighted by molar-refractivity contribution is 0.653. The van der Waals surface area contributed by atoms with E-state index in [1.807, 2.05) is 0 Å². The predicted molar refractivity (Wildman–Crippen MR) is 301 cm³/mol. The quantitative estimate of drug-likeness (QED) is 0.171. The topological polar surface area (TPSA) is 3.24 Å². The van der Waals surface area contributed by atoms with Crippen LogP contribution in [0.5, 0.6) is 0 Å². The van der Waals surface area contributed by atoms with Gasteiger partial charge >= 0.3 is 0 Å². The molecule has 0 spiro atoms. The van der Waals surface area contributed by atoms with Crippen LogP contribution < -0.4 is 4.90 Å². The number of anilines is 3. The van der Waals surface area contributed by atoms with Crippen LogP contribution in [0, 0.1) is 0 Å². The second-order valence-electron chi connectivity index (χ2n) is 23.4. The molecule has 0 aliphatic heterocycles. The molecule has 11 aromatic carbocycles. The molecule has 0 amide bonds. The molecule has 71 heavy (non-hydrogen) atoms. The third-order valence-electron chi connectivity index (χ3n) is 18.1. The van der Waals surface area contributed by atoms with Crippen molar-refractivity contribution in [1.29, 1.82) is 0 Å². The fraction of sp³-hybridized carbons (Fsp3) is 0.171. The zero-order valence-corrected chi connectivity index (χ0v) is 41.8. The number of hydrogen-bond donors (Lipinski definition) is 0. The maximum atomic E-state index is 2.54. The molecule has 0 N–H and O–H groups in total. The molecule has 0 aromatic heterocycles. The SMILES string of the molecule is CC1(C)c2cc3c(cc2-c2cc4ccccc4cc21)C(C)(C)c1cc2cc(N(c4ccccc4)c4ccc5cc6c(cc5c4)C(C)(C)c4cc5c(cc4-6)C(C)(C)c4cc6ccccc6cc4-5)ccc2cc1-3. The van der Waals surface area contributed by atoms with E-state index in [0.717, 1.165) is 17.1 Å². The maximum Gasteiger partial charge on any atom is 0.0468 e. The Morgan fingerprint density at radius 1 is 0.211 bits per heavy atom. The van der Waals surface area contributed by atoms with Crippen LogP contribution in [0.15, 0.2) is 188 Å². The molecule has 4 aliphatic carbocycles. The van der Waals surface area contributed by atoms with Crippen molar-refractivity contribution in [3.8, 4) is 44.5 Å². The number of rotatable bonds is 3. The van der Waals surface area contributed by atoms with Gasteiger partial charge in [0.25, 0.3) is 0 Å². The number of nitrogens with zero attached hydrogens (tertiary/aromatic N) is 1. The van der Waals surface area contributed by atoms with E-state index in [-0.39, 0.29) is 21.7 Å². The molecule has 340 valence electrons. The highest BCUT2D eigenvalue weighted by molar-refractivity contribution is 6.02. The van der Waals surface area contributed by atoms with E-state index >= 15 is 0 Å². The van der Waals surface area contributed by atoms with Gasteiger partial charge in [-0.05, 0) is 241 Å². The van der Waals surface area contributed by atoms with Gasteiger partial charge in [0.05, 0.1) is 0 Å². The van der Waals surface area contributed by atoms with Gasteiger partial charge in [0.1, 0.15) is 0 Å². The third kappa shape index (κ3) is 5.42. The summed E-state index contributed by atoms with van der Waals surface area (Å²) in [4.78, 5) is 2.45. The summed E-state index contributed by atoms with van der Waals surface area (Å²) in [6.45, 7) is 19.4. The highest BCUT2D eigenvalue weighted by Crippen LogP contribution is 2.59. The Bertz CT molecular complexity index is 3960. The van der Waals surface area contributed by atoms with Crippen LogP contribution in [-0.4, -0.2) is 0 Å². The van der Waals surface area contributed by atoms with E-state index in [9.17, 15) is 0 Å². The third-order valence-corrected chi connectivity index (χ3v) is 18.1. The average molecular weight is 910 g/mol. The predicted octanol–water partition coefficient (Wildman–Crippen LogP) is 19.0.